The number of hydrogen-bond donors (Lipinski definition) is 1. The van der Waals surface area contributed by atoms with Crippen molar-refractivity contribution in [3.63, 3.8) is 0 Å². The summed E-state index contributed by atoms with van der Waals surface area (Å²) in [7, 11) is -2.68. The highest BCUT2D eigenvalue weighted by molar-refractivity contribution is 9.10. The van der Waals surface area contributed by atoms with Gasteiger partial charge in [-0.2, -0.15) is 4.40 Å². The van der Waals surface area contributed by atoms with Crippen molar-refractivity contribution in [3.8, 4) is 0 Å². The molecule has 0 bridgehead atoms. The van der Waals surface area contributed by atoms with Gasteiger partial charge in [0.25, 0.3) is 0 Å². The van der Waals surface area contributed by atoms with Gasteiger partial charge in [0.05, 0.1) is 26.0 Å². The summed E-state index contributed by atoms with van der Waals surface area (Å²) in [5, 5.41) is 5.04. The van der Waals surface area contributed by atoms with E-state index in [9.17, 15) is 30.8 Å². The predicted octanol–water partition coefficient (Wildman–Crippen LogP) is 6.56. The topological polar surface area (TPSA) is 89.6 Å². The molecule has 0 saturated carbocycles. The fourth-order valence-electron chi connectivity index (χ4n) is 1.59. The molecule has 2 rings (SSSR count). The number of aldehydes is 1. The van der Waals surface area contributed by atoms with Crippen LogP contribution in [-0.2, 0) is 22.0 Å². The number of benzene rings is 2. The van der Waals surface area contributed by atoms with Gasteiger partial charge in [-0.25, -0.2) is 26.0 Å². The molecule has 0 aromatic heterocycles. The van der Waals surface area contributed by atoms with Crippen LogP contribution in [0.1, 0.15) is 57.5 Å². The van der Waals surface area contributed by atoms with Crippen LogP contribution in [-0.4, -0.2) is 30.4 Å². The van der Waals surface area contributed by atoms with Gasteiger partial charge in [0.1, 0.15) is 11.0 Å². The third-order valence-electron chi connectivity index (χ3n) is 3.58. The first kappa shape index (κ1) is 33.7. The Morgan fingerprint density at radius 2 is 1.17 bits per heavy atom. The van der Waals surface area contributed by atoms with Crippen LogP contribution in [0.2, 0.25) is 0 Å². The van der Waals surface area contributed by atoms with Gasteiger partial charge in [-0.1, -0.05) is 31.9 Å². The quantitative estimate of drug-likeness (QED) is 0.174. The van der Waals surface area contributed by atoms with E-state index in [1.807, 2.05) is 20.8 Å². The zero-order chi connectivity index (χ0) is 27.7. The second-order valence-corrected chi connectivity index (χ2v) is 14.3. The summed E-state index contributed by atoms with van der Waals surface area (Å²) in [6, 6.07) is 4.57. The van der Waals surface area contributed by atoms with Gasteiger partial charge in [-0.15, -0.1) is 0 Å². The third kappa shape index (κ3) is 12.5. The first-order valence-electron chi connectivity index (χ1n) is 9.67. The van der Waals surface area contributed by atoms with Crippen LogP contribution in [0.5, 0.6) is 0 Å². The highest BCUT2D eigenvalue weighted by Crippen LogP contribution is 2.19. The molecule has 0 aliphatic carbocycles. The lowest BCUT2D eigenvalue weighted by atomic mass is 10.2. The van der Waals surface area contributed by atoms with Crippen molar-refractivity contribution >= 4 is 66.3 Å². The lowest BCUT2D eigenvalue weighted by Crippen LogP contribution is -2.27. The average Bonchev–Trinajstić information content (AvgIpc) is 2.71. The van der Waals surface area contributed by atoms with Crippen molar-refractivity contribution in [2.75, 3.05) is 0 Å². The van der Waals surface area contributed by atoms with E-state index in [-0.39, 0.29) is 22.2 Å². The zero-order valence-electron chi connectivity index (χ0n) is 19.8. The first-order chi connectivity index (χ1) is 15.8. The molecule has 0 aliphatic rings. The SMILES string of the molecule is CC(C)(C)[S@@](=O)N=Cc1cc(Br)cc(F)c1F.CC(C)(C)[S@](N)=O.O=Cc1cc(Br)cc(F)c1F. The summed E-state index contributed by atoms with van der Waals surface area (Å²) < 4.78 is 77.1. The van der Waals surface area contributed by atoms with E-state index in [0.717, 1.165) is 18.3 Å². The number of nitrogens with two attached hydrogens (primary N) is 1. The molecule has 0 fully saturated rings. The van der Waals surface area contributed by atoms with Crippen LogP contribution in [0.3, 0.4) is 0 Å². The highest BCUT2D eigenvalue weighted by Gasteiger charge is 2.18. The summed E-state index contributed by atoms with van der Waals surface area (Å²) in [6.45, 7) is 10.8. The molecule has 0 aliphatic heterocycles. The number of halogens is 6. The van der Waals surface area contributed by atoms with Crippen LogP contribution in [0, 0.1) is 23.3 Å². The first-order valence-corrected chi connectivity index (χ1v) is 13.6. The van der Waals surface area contributed by atoms with Gasteiger partial charge in [0.15, 0.2) is 29.6 Å². The Labute approximate surface area is 224 Å². The summed E-state index contributed by atoms with van der Waals surface area (Å²) >= 11 is 5.97. The van der Waals surface area contributed by atoms with Crippen molar-refractivity contribution in [2.24, 2.45) is 9.54 Å². The molecular formula is C22H26Br2F4N2O3S2. The van der Waals surface area contributed by atoms with Gasteiger partial charge < -0.3 is 0 Å². The van der Waals surface area contributed by atoms with E-state index >= 15 is 0 Å². The van der Waals surface area contributed by atoms with E-state index in [1.54, 1.807) is 20.8 Å². The maximum absolute atomic E-state index is 13.3. The normalized spacial score (nSPS) is 13.3. The monoisotopic (exact) mass is 664 g/mol. The zero-order valence-corrected chi connectivity index (χ0v) is 24.6. The number of nitrogens with zero attached hydrogens (tertiary/aromatic N) is 1. The van der Waals surface area contributed by atoms with E-state index in [0.29, 0.717) is 8.95 Å². The summed E-state index contributed by atoms with van der Waals surface area (Å²) in [6.07, 6.45) is 1.35. The number of carbonyl (C=O) groups excluding carboxylic acids is 1. The van der Waals surface area contributed by atoms with Crippen molar-refractivity contribution in [2.45, 2.75) is 51.0 Å². The molecule has 0 heterocycles. The predicted molar refractivity (Wildman–Crippen MR) is 141 cm³/mol. The van der Waals surface area contributed by atoms with Crippen molar-refractivity contribution < 1.29 is 30.8 Å². The van der Waals surface area contributed by atoms with Crippen LogP contribution in [0.4, 0.5) is 17.6 Å². The van der Waals surface area contributed by atoms with Gasteiger partial charge in [-0.3, -0.25) is 9.93 Å². The van der Waals surface area contributed by atoms with Crippen LogP contribution >= 0.6 is 31.9 Å². The van der Waals surface area contributed by atoms with E-state index in [4.69, 9.17) is 5.14 Å². The van der Waals surface area contributed by atoms with Crippen LogP contribution in [0.25, 0.3) is 0 Å². The van der Waals surface area contributed by atoms with E-state index < -0.39 is 50.0 Å². The Morgan fingerprint density at radius 1 is 0.800 bits per heavy atom. The van der Waals surface area contributed by atoms with Crippen molar-refractivity contribution in [1.82, 2.24) is 0 Å². The Bertz CT molecular complexity index is 1120. The molecule has 35 heavy (non-hydrogen) atoms. The van der Waals surface area contributed by atoms with Crippen LogP contribution < -0.4 is 5.14 Å². The molecule has 2 aromatic carbocycles. The summed E-state index contributed by atoms with van der Waals surface area (Å²) in [5.74, 6) is -4.10. The molecular weight excluding hydrogens is 640 g/mol. The summed E-state index contributed by atoms with van der Waals surface area (Å²) in [5.41, 5.74) is -0.314. The molecule has 2 aromatic rings. The van der Waals surface area contributed by atoms with Gasteiger partial charge in [0, 0.05) is 20.7 Å². The lowest BCUT2D eigenvalue weighted by molar-refractivity contribution is 0.111. The van der Waals surface area contributed by atoms with E-state index in [1.165, 1.54) is 12.1 Å². The standard InChI is InChI=1S/C11H12BrF2NOS.C7H3BrF2O.C4H11NOS/c1-11(2,3)17(16)15-6-7-4-8(12)5-9(13)10(7)14;8-5-1-4(3-11)7(10)6(9)2-5;1-4(2,3)7(5)6/h4-6H,1-3H3;1-3H;5H2,1-3H3/t17-;;7-/m1.1/s1. The number of hydrogen-bond acceptors (Lipinski definition) is 3. The Morgan fingerprint density at radius 3 is 1.51 bits per heavy atom. The largest absolute Gasteiger partial charge is 0.298 e. The van der Waals surface area contributed by atoms with Gasteiger partial charge in [0.2, 0.25) is 0 Å². The fourth-order valence-corrected chi connectivity index (χ4v) is 3.01. The minimum Gasteiger partial charge on any atom is -0.298 e. The fraction of sp³-hybridized carbons (Fsp3) is 0.364. The Hall–Kier alpha value is -1.28. The lowest BCUT2D eigenvalue weighted by Gasteiger charge is -2.12. The molecule has 196 valence electrons. The average molecular weight is 666 g/mol. The molecule has 0 radical (unpaired) electrons. The molecule has 0 unspecified atom stereocenters. The van der Waals surface area contributed by atoms with Crippen molar-refractivity contribution in [1.29, 1.82) is 0 Å². The van der Waals surface area contributed by atoms with E-state index in [2.05, 4.69) is 36.3 Å². The minimum absolute atomic E-state index is 0.0329. The molecule has 0 amide bonds. The molecule has 0 spiro atoms. The highest BCUT2D eigenvalue weighted by atomic mass is 79.9. The number of carbonyl (C=O) groups is 1. The summed E-state index contributed by atoms with van der Waals surface area (Å²) in [4.78, 5) is 10.1. The molecule has 13 heteroatoms. The van der Waals surface area contributed by atoms with Crippen LogP contribution in [0.15, 0.2) is 37.6 Å². The smallest absolute Gasteiger partial charge is 0.169 e. The third-order valence-corrected chi connectivity index (χ3v) is 7.05. The Balaban J connectivity index is 0.000000550. The molecule has 2 atom stereocenters. The van der Waals surface area contributed by atoms with Gasteiger partial charge >= 0.3 is 0 Å². The maximum atomic E-state index is 13.3. The van der Waals surface area contributed by atoms with Crippen molar-refractivity contribution in [3.05, 3.63) is 67.6 Å². The molecule has 2 N–H and O–H groups in total. The molecule has 0 saturated heterocycles. The number of rotatable bonds is 3. The minimum atomic E-state index is -1.49. The maximum Gasteiger partial charge on any atom is 0.169 e. The van der Waals surface area contributed by atoms with Gasteiger partial charge in [-0.05, 0) is 65.8 Å². The second-order valence-electron chi connectivity index (χ2n) is 8.71. The Kier molecular flexibility index (Phi) is 13.9. The molecule has 5 nitrogen and oxygen atoms in total. The second kappa shape index (κ2) is 14.5.